The molecule has 2 heterocycles. The Labute approximate surface area is 303 Å². The zero-order chi connectivity index (χ0) is 36.3. The van der Waals surface area contributed by atoms with Gasteiger partial charge in [0.25, 0.3) is 0 Å². The number of hydrogen-bond donors (Lipinski definition) is 1. The molecule has 0 fully saturated rings. The Kier molecular flexibility index (Phi) is 12.7. The summed E-state index contributed by atoms with van der Waals surface area (Å²) in [7, 11) is 1.32. The van der Waals surface area contributed by atoms with Crippen LogP contribution in [0.5, 0.6) is 0 Å². The number of nitrogens with one attached hydrogen (secondary N) is 1. The molecule has 2 aromatic heterocycles. The number of carbonyl (C=O) groups is 3. The summed E-state index contributed by atoms with van der Waals surface area (Å²) in [6.07, 6.45) is 4.64. The minimum atomic E-state index is -0.839. The van der Waals surface area contributed by atoms with Crippen LogP contribution in [0.25, 0.3) is 10.8 Å². The number of nitrogens with zero attached hydrogens (tertiary/aromatic N) is 5. The van der Waals surface area contributed by atoms with Gasteiger partial charge in [-0.3, -0.25) is 19.4 Å². The first kappa shape index (κ1) is 37.0. The van der Waals surface area contributed by atoms with Crippen molar-refractivity contribution >= 4 is 45.8 Å². The van der Waals surface area contributed by atoms with Crippen molar-refractivity contribution in [2.75, 3.05) is 25.1 Å². The zero-order valence-electron chi connectivity index (χ0n) is 29.5. The van der Waals surface area contributed by atoms with E-state index >= 15 is 0 Å². The molecular formula is C40H44N6O4S. The van der Waals surface area contributed by atoms with Gasteiger partial charge in [-0.1, -0.05) is 80.9 Å². The average Bonchev–Trinajstić information content (AvgIpc) is 3.83. The van der Waals surface area contributed by atoms with E-state index in [4.69, 9.17) is 4.74 Å². The van der Waals surface area contributed by atoms with Gasteiger partial charge in [-0.15, -0.1) is 11.3 Å². The van der Waals surface area contributed by atoms with E-state index in [9.17, 15) is 19.6 Å². The second-order valence-electron chi connectivity index (χ2n) is 12.7. The van der Waals surface area contributed by atoms with E-state index in [1.807, 2.05) is 58.6 Å². The fraction of sp³-hybridized carbons (Fsp3) is 0.325. The van der Waals surface area contributed by atoms with Crippen LogP contribution in [-0.4, -0.2) is 64.5 Å². The lowest BCUT2D eigenvalue weighted by Crippen LogP contribution is -2.53. The number of hydrogen-bond acceptors (Lipinski definition) is 8. The molecule has 5 rings (SSSR count). The fourth-order valence-corrected chi connectivity index (χ4v) is 7.12. The number of nitriles is 1. The number of ether oxygens (including phenoxy) is 1. The summed E-state index contributed by atoms with van der Waals surface area (Å²) in [5.74, 6) is -0.445. The number of rotatable bonds is 16. The molecule has 11 heteroatoms. The highest BCUT2D eigenvalue weighted by Gasteiger charge is 2.33. The molecule has 264 valence electrons. The van der Waals surface area contributed by atoms with Gasteiger partial charge in [0.2, 0.25) is 17.8 Å². The largest absolute Gasteiger partial charge is 0.467 e. The van der Waals surface area contributed by atoms with E-state index in [0.717, 1.165) is 33.2 Å². The molecule has 0 aliphatic rings. The van der Waals surface area contributed by atoms with Gasteiger partial charge in [0, 0.05) is 43.7 Å². The van der Waals surface area contributed by atoms with Gasteiger partial charge in [0.1, 0.15) is 6.04 Å². The molecule has 2 amide bonds. The SMILES string of the molecule is CC[C@H](C)[C@@H](CN(CC(=O)NC(Cc1cccs1)C(=O)OC)Cc1cccc2ccccc12)N(C(C)=O)c1nccn1Cc1ccc(C#N)cc1. The zero-order valence-corrected chi connectivity index (χ0v) is 30.3. The summed E-state index contributed by atoms with van der Waals surface area (Å²) in [6, 6.07) is 26.4. The lowest BCUT2D eigenvalue weighted by atomic mass is 9.96. The summed E-state index contributed by atoms with van der Waals surface area (Å²) >= 11 is 1.52. The first-order valence-electron chi connectivity index (χ1n) is 17.1. The van der Waals surface area contributed by atoms with Crippen molar-refractivity contribution in [3.8, 4) is 6.07 Å². The molecule has 0 aliphatic carbocycles. The number of thiophene rings is 1. The van der Waals surface area contributed by atoms with Crippen molar-refractivity contribution in [1.29, 1.82) is 5.26 Å². The van der Waals surface area contributed by atoms with Gasteiger partial charge in [-0.05, 0) is 51.4 Å². The highest BCUT2D eigenvalue weighted by atomic mass is 32.1. The third-order valence-corrected chi connectivity index (χ3v) is 10.1. The van der Waals surface area contributed by atoms with Crippen LogP contribution in [0.4, 0.5) is 5.95 Å². The topological polar surface area (TPSA) is 121 Å². The second-order valence-corrected chi connectivity index (χ2v) is 13.8. The van der Waals surface area contributed by atoms with Gasteiger partial charge in [0.15, 0.2) is 0 Å². The van der Waals surface area contributed by atoms with E-state index in [0.29, 0.717) is 37.6 Å². The van der Waals surface area contributed by atoms with E-state index in [2.05, 4.69) is 59.4 Å². The summed E-state index contributed by atoms with van der Waals surface area (Å²) in [6.45, 7) is 6.98. The number of benzene rings is 3. The molecule has 10 nitrogen and oxygen atoms in total. The lowest BCUT2D eigenvalue weighted by molar-refractivity contribution is -0.145. The third-order valence-electron chi connectivity index (χ3n) is 9.21. The summed E-state index contributed by atoms with van der Waals surface area (Å²) < 4.78 is 6.99. The van der Waals surface area contributed by atoms with E-state index in [1.165, 1.54) is 18.4 Å². The number of fused-ring (bicyclic) bond motifs is 1. The first-order valence-corrected chi connectivity index (χ1v) is 18.0. The molecule has 3 atom stereocenters. The van der Waals surface area contributed by atoms with Gasteiger partial charge in [-0.2, -0.15) is 5.26 Å². The van der Waals surface area contributed by atoms with Gasteiger partial charge in [-0.25, -0.2) is 9.78 Å². The van der Waals surface area contributed by atoms with E-state index in [1.54, 1.807) is 30.2 Å². The lowest BCUT2D eigenvalue weighted by Gasteiger charge is -2.38. The minimum Gasteiger partial charge on any atom is -0.467 e. The number of carbonyl (C=O) groups excluding carboxylic acids is 3. The number of esters is 1. The standard InChI is InChI=1S/C40H44N6O4S/c1-5-28(2)37(46(29(3)47)40-42-19-20-45(40)24-31-17-15-30(23-41)16-18-31)26-44(25-33-12-8-11-32-10-6-7-14-35(32)33)27-38(48)43-36(39(49)50-4)22-34-13-9-21-51-34/h6-21,28,36-37H,5,22,24-27H2,1-4H3,(H,43,48)/t28-,36?,37+/m0/s1. The Bertz CT molecular complexity index is 1960. The van der Waals surface area contributed by atoms with Crippen molar-refractivity contribution in [2.45, 2.75) is 58.8 Å². The van der Waals surface area contributed by atoms with Crippen molar-refractivity contribution in [2.24, 2.45) is 5.92 Å². The number of methoxy groups -OCH3 is 1. The maximum atomic E-state index is 13.8. The fourth-order valence-electron chi connectivity index (χ4n) is 6.37. The Hall–Kier alpha value is -5.31. The molecule has 0 saturated heterocycles. The van der Waals surface area contributed by atoms with Crippen LogP contribution >= 0.6 is 11.3 Å². The van der Waals surface area contributed by atoms with Crippen molar-refractivity contribution in [3.05, 3.63) is 118 Å². The van der Waals surface area contributed by atoms with Crippen LogP contribution in [0.3, 0.4) is 0 Å². The maximum Gasteiger partial charge on any atom is 0.328 e. The predicted octanol–water partition coefficient (Wildman–Crippen LogP) is 6.19. The maximum absolute atomic E-state index is 13.8. The molecule has 0 spiro atoms. The van der Waals surface area contributed by atoms with Crippen LogP contribution < -0.4 is 10.2 Å². The van der Waals surface area contributed by atoms with Crippen LogP contribution in [-0.2, 0) is 38.6 Å². The molecule has 0 bridgehead atoms. The number of anilines is 1. The quantitative estimate of drug-likeness (QED) is 0.122. The van der Waals surface area contributed by atoms with Gasteiger partial charge >= 0.3 is 5.97 Å². The Balaban J connectivity index is 1.47. The highest BCUT2D eigenvalue weighted by Crippen LogP contribution is 2.26. The van der Waals surface area contributed by atoms with Crippen molar-refractivity contribution in [3.63, 3.8) is 0 Å². The van der Waals surface area contributed by atoms with Crippen LogP contribution in [0.15, 0.2) is 96.6 Å². The third kappa shape index (κ3) is 9.48. The molecule has 0 aliphatic heterocycles. The highest BCUT2D eigenvalue weighted by molar-refractivity contribution is 7.09. The summed E-state index contributed by atoms with van der Waals surface area (Å²) in [4.78, 5) is 49.7. The molecule has 1 unspecified atom stereocenters. The van der Waals surface area contributed by atoms with Gasteiger partial charge < -0.3 is 14.6 Å². The second kappa shape index (κ2) is 17.6. The van der Waals surface area contributed by atoms with Crippen molar-refractivity contribution in [1.82, 2.24) is 19.8 Å². The smallest absolute Gasteiger partial charge is 0.328 e. The van der Waals surface area contributed by atoms with E-state index in [-0.39, 0.29) is 30.3 Å². The summed E-state index contributed by atoms with van der Waals surface area (Å²) in [5, 5.41) is 16.3. The van der Waals surface area contributed by atoms with Crippen LogP contribution in [0, 0.1) is 17.2 Å². The number of imidazole rings is 1. The molecule has 0 radical (unpaired) electrons. The molecule has 0 saturated carbocycles. The van der Waals surface area contributed by atoms with Crippen LogP contribution in [0.2, 0.25) is 0 Å². The van der Waals surface area contributed by atoms with Crippen LogP contribution in [0.1, 0.15) is 48.8 Å². The Morgan fingerprint density at radius 2 is 1.80 bits per heavy atom. The minimum absolute atomic E-state index is 0.0144. The number of aromatic nitrogens is 2. The van der Waals surface area contributed by atoms with Gasteiger partial charge in [0.05, 0.1) is 37.9 Å². The Morgan fingerprint density at radius 3 is 2.49 bits per heavy atom. The molecule has 5 aromatic rings. The average molecular weight is 705 g/mol. The molecule has 51 heavy (non-hydrogen) atoms. The van der Waals surface area contributed by atoms with Crippen molar-refractivity contribution < 1.29 is 19.1 Å². The molecule has 1 N–H and O–H groups in total. The number of amides is 2. The summed E-state index contributed by atoms with van der Waals surface area (Å²) in [5.41, 5.74) is 2.59. The monoisotopic (exact) mass is 704 g/mol. The first-order chi connectivity index (χ1) is 24.7. The molecular weight excluding hydrogens is 661 g/mol. The predicted molar refractivity (Wildman–Crippen MR) is 200 cm³/mol. The Morgan fingerprint density at radius 1 is 1.04 bits per heavy atom. The normalized spacial score (nSPS) is 12.9. The molecule has 3 aromatic carbocycles. The van der Waals surface area contributed by atoms with E-state index < -0.39 is 12.0 Å².